The van der Waals surface area contributed by atoms with E-state index in [4.69, 9.17) is 15.2 Å². The van der Waals surface area contributed by atoms with Crippen molar-refractivity contribution >= 4 is 28.4 Å². The molecule has 0 fully saturated rings. The van der Waals surface area contributed by atoms with Crippen molar-refractivity contribution in [3.05, 3.63) is 66.7 Å². The molecule has 0 aliphatic carbocycles. The van der Waals surface area contributed by atoms with Crippen LogP contribution in [0.2, 0.25) is 0 Å². The maximum absolute atomic E-state index is 11.8. The molecule has 0 saturated carbocycles. The van der Waals surface area contributed by atoms with Crippen LogP contribution < -0.4 is 20.5 Å². The number of hydrogen-bond acceptors (Lipinski definition) is 9. The van der Waals surface area contributed by atoms with Crippen LogP contribution in [0.25, 0.3) is 33.4 Å². The van der Waals surface area contributed by atoms with Crippen molar-refractivity contribution in [3.8, 4) is 39.9 Å². The van der Waals surface area contributed by atoms with Gasteiger partial charge in [-0.2, -0.15) is 0 Å². The SMILES string of the molecule is CCC(=O)Nc1ccc(-c2c(-c3ccc(Oc4ncc(CO)cn4)c(OC)c3)c3c(N)ncnc3n2C)cc1. The highest BCUT2D eigenvalue weighted by atomic mass is 16.5. The van der Waals surface area contributed by atoms with E-state index >= 15 is 0 Å². The highest BCUT2D eigenvalue weighted by Gasteiger charge is 2.23. The lowest BCUT2D eigenvalue weighted by Crippen LogP contribution is -2.09. The molecule has 0 aliphatic heterocycles. The molecule has 0 aliphatic rings. The van der Waals surface area contributed by atoms with Crippen LogP contribution in [0.1, 0.15) is 18.9 Å². The van der Waals surface area contributed by atoms with Crippen LogP contribution in [0.4, 0.5) is 11.5 Å². The summed E-state index contributed by atoms with van der Waals surface area (Å²) in [7, 11) is 3.47. The maximum Gasteiger partial charge on any atom is 0.322 e. The van der Waals surface area contributed by atoms with E-state index in [-0.39, 0.29) is 18.5 Å². The summed E-state index contributed by atoms with van der Waals surface area (Å²) in [5.74, 6) is 1.17. The lowest BCUT2D eigenvalue weighted by atomic mass is 9.98. The van der Waals surface area contributed by atoms with E-state index in [1.807, 2.05) is 48.0 Å². The summed E-state index contributed by atoms with van der Waals surface area (Å²) in [6.07, 6.45) is 4.82. The molecule has 5 rings (SSSR count). The number of aliphatic hydroxyl groups excluding tert-OH is 1. The van der Waals surface area contributed by atoms with E-state index in [9.17, 15) is 9.90 Å². The van der Waals surface area contributed by atoms with Gasteiger partial charge in [0.15, 0.2) is 11.5 Å². The van der Waals surface area contributed by atoms with E-state index in [1.165, 1.54) is 18.7 Å². The quantitative estimate of drug-likeness (QED) is 0.269. The van der Waals surface area contributed by atoms with Gasteiger partial charge in [-0.05, 0) is 35.4 Å². The Bertz CT molecular complexity index is 1650. The van der Waals surface area contributed by atoms with Gasteiger partial charge in [0.1, 0.15) is 17.8 Å². The van der Waals surface area contributed by atoms with Gasteiger partial charge in [0.2, 0.25) is 5.91 Å². The standard InChI is InChI=1S/C28H27N7O4/c1-4-22(37)34-19-8-5-17(6-9-19)25-23(24-26(29)32-15-33-27(24)35(25)2)18-7-10-20(21(11-18)38-3)39-28-30-12-16(14-36)13-31-28/h5-13,15,36H,4,14H2,1-3H3,(H,34,37)(H2,29,32,33). The average molecular weight is 526 g/mol. The van der Waals surface area contributed by atoms with Crippen molar-refractivity contribution in [1.82, 2.24) is 24.5 Å². The van der Waals surface area contributed by atoms with Gasteiger partial charge in [-0.15, -0.1) is 0 Å². The highest BCUT2D eigenvalue weighted by Crippen LogP contribution is 2.44. The second kappa shape index (κ2) is 10.8. The van der Waals surface area contributed by atoms with E-state index in [0.29, 0.717) is 46.0 Å². The summed E-state index contributed by atoms with van der Waals surface area (Å²) >= 11 is 0. The van der Waals surface area contributed by atoms with Crippen molar-refractivity contribution in [2.24, 2.45) is 7.05 Å². The number of fused-ring (bicyclic) bond motifs is 1. The molecule has 0 spiro atoms. The minimum atomic E-state index is -0.158. The fourth-order valence-corrected chi connectivity index (χ4v) is 4.34. The monoisotopic (exact) mass is 525 g/mol. The molecule has 4 N–H and O–H groups in total. The van der Waals surface area contributed by atoms with Crippen LogP contribution >= 0.6 is 0 Å². The summed E-state index contributed by atoms with van der Waals surface area (Å²) < 4.78 is 13.5. The molecular weight excluding hydrogens is 498 g/mol. The molecule has 0 atom stereocenters. The number of ether oxygens (including phenoxy) is 2. The highest BCUT2D eigenvalue weighted by molar-refractivity contribution is 6.08. The zero-order valence-electron chi connectivity index (χ0n) is 21.7. The van der Waals surface area contributed by atoms with Crippen molar-refractivity contribution in [2.75, 3.05) is 18.2 Å². The molecule has 0 radical (unpaired) electrons. The number of methoxy groups -OCH3 is 1. The third kappa shape index (κ3) is 4.94. The Labute approximate surface area is 224 Å². The van der Waals surface area contributed by atoms with Crippen LogP contribution in [-0.4, -0.2) is 42.6 Å². The lowest BCUT2D eigenvalue weighted by molar-refractivity contribution is -0.115. The van der Waals surface area contributed by atoms with Gasteiger partial charge >= 0.3 is 6.01 Å². The number of anilines is 2. The number of aryl methyl sites for hydroxylation is 1. The number of nitrogens with two attached hydrogens (primary N) is 1. The fourth-order valence-electron chi connectivity index (χ4n) is 4.34. The van der Waals surface area contributed by atoms with Gasteiger partial charge in [0.25, 0.3) is 0 Å². The Balaban J connectivity index is 1.62. The fraction of sp³-hybridized carbons (Fsp3) is 0.179. The number of benzene rings is 2. The number of nitrogens with zero attached hydrogens (tertiary/aromatic N) is 5. The Hall–Kier alpha value is -5.03. The molecule has 198 valence electrons. The topological polar surface area (TPSA) is 150 Å². The van der Waals surface area contributed by atoms with Crippen LogP contribution in [-0.2, 0) is 18.4 Å². The van der Waals surface area contributed by atoms with Crippen LogP contribution in [0, 0.1) is 0 Å². The van der Waals surface area contributed by atoms with Crippen molar-refractivity contribution in [2.45, 2.75) is 20.0 Å². The Kier molecular flexibility index (Phi) is 7.06. The zero-order valence-corrected chi connectivity index (χ0v) is 21.7. The Morgan fingerprint density at radius 1 is 1.03 bits per heavy atom. The number of hydrogen-bond donors (Lipinski definition) is 3. The average Bonchev–Trinajstić information content (AvgIpc) is 3.27. The third-order valence-corrected chi connectivity index (χ3v) is 6.28. The molecule has 5 aromatic rings. The summed E-state index contributed by atoms with van der Waals surface area (Å²) in [5, 5.41) is 12.8. The Morgan fingerprint density at radius 3 is 2.41 bits per heavy atom. The van der Waals surface area contributed by atoms with Crippen molar-refractivity contribution in [3.63, 3.8) is 0 Å². The summed E-state index contributed by atoms with van der Waals surface area (Å²) in [6.45, 7) is 1.65. The smallest absolute Gasteiger partial charge is 0.322 e. The maximum atomic E-state index is 11.8. The number of carbonyl (C=O) groups is 1. The minimum absolute atomic E-state index is 0.0553. The minimum Gasteiger partial charge on any atom is -0.493 e. The largest absolute Gasteiger partial charge is 0.493 e. The second-order valence-corrected chi connectivity index (χ2v) is 8.72. The molecule has 0 unspecified atom stereocenters. The second-order valence-electron chi connectivity index (χ2n) is 8.72. The molecule has 2 aromatic carbocycles. The van der Waals surface area contributed by atoms with Gasteiger partial charge < -0.3 is 30.2 Å². The molecule has 0 bridgehead atoms. The Morgan fingerprint density at radius 2 is 1.74 bits per heavy atom. The predicted molar refractivity (Wildman–Crippen MR) is 147 cm³/mol. The first-order chi connectivity index (χ1) is 18.9. The first-order valence-corrected chi connectivity index (χ1v) is 12.2. The first kappa shape index (κ1) is 25.6. The summed E-state index contributed by atoms with van der Waals surface area (Å²) in [4.78, 5) is 28.8. The molecule has 11 nitrogen and oxygen atoms in total. The van der Waals surface area contributed by atoms with E-state index in [1.54, 1.807) is 20.1 Å². The molecule has 1 amide bonds. The number of nitrogen functional groups attached to an aromatic ring is 1. The number of amides is 1. The summed E-state index contributed by atoms with van der Waals surface area (Å²) in [5.41, 5.74) is 11.7. The number of nitrogens with one attached hydrogen (secondary N) is 1. The number of aromatic nitrogens is 5. The van der Waals surface area contributed by atoms with Crippen LogP contribution in [0.3, 0.4) is 0 Å². The molecule has 39 heavy (non-hydrogen) atoms. The molecule has 3 aromatic heterocycles. The van der Waals surface area contributed by atoms with E-state index < -0.39 is 0 Å². The molecule has 3 heterocycles. The number of aliphatic hydroxyl groups is 1. The van der Waals surface area contributed by atoms with Gasteiger partial charge in [0, 0.05) is 42.7 Å². The molecular formula is C28H27N7O4. The third-order valence-electron chi connectivity index (χ3n) is 6.28. The predicted octanol–water partition coefficient (Wildman–Crippen LogP) is 4.32. The first-order valence-electron chi connectivity index (χ1n) is 12.2. The van der Waals surface area contributed by atoms with Gasteiger partial charge in [-0.1, -0.05) is 25.1 Å². The van der Waals surface area contributed by atoms with Gasteiger partial charge in [-0.3, -0.25) is 4.79 Å². The molecule has 0 saturated heterocycles. The zero-order chi connectivity index (χ0) is 27.5. The van der Waals surface area contributed by atoms with Crippen LogP contribution in [0.5, 0.6) is 17.5 Å². The summed E-state index contributed by atoms with van der Waals surface area (Å²) in [6, 6.07) is 13.2. The van der Waals surface area contributed by atoms with E-state index in [2.05, 4.69) is 25.3 Å². The lowest BCUT2D eigenvalue weighted by Gasteiger charge is -2.13. The number of carbonyl (C=O) groups excluding carboxylic acids is 1. The van der Waals surface area contributed by atoms with Gasteiger partial charge in [0.05, 0.1) is 24.8 Å². The van der Waals surface area contributed by atoms with Crippen molar-refractivity contribution in [1.29, 1.82) is 0 Å². The van der Waals surface area contributed by atoms with E-state index in [0.717, 1.165) is 22.4 Å². The van der Waals surface area contributed by atoms with Crippen molar-refractivity contribution < 1.29 is 19.4 Å². The van der Waals surface area contributed by atoms with Gasteiger partial charge in [-0.25, -0.2) is 19.9 Å². The molecule has 11 heteroatoms. The van der Waals surface area contributed by atoms with Crippen LogP contribution in [0.15, 0.2) is 61.2 Å². The normalized spacial score (nSPS) is 11.0. The number of rotatable bonds is 8.